The molecule has 346 valence electrons. The molecule has 4 fully saturated rings. The van der Waals surface area contributed by atoms with Crippen molar-refractivity contribution in [3.8, 4) is 23.0 Å². The molecule has 0 saturated carbocycles. The number of esters is 1. The fraction of sp³-hybridized carbons (Fsp3) is 0.615. The molecule has 16 atom stereocenters. The minimum absolute atomic E-state index is 0.0929. The van der Waals surface area contributed by atoms with E-state index in [1.165, 1.54) is 43.3 Å². The Bertz CT molecular complexity index is 1850. The van der Waals surface area contributed by atoms with Gasteiger partial charge in [-0.1, -0.05) is 12.1 Å². The molecule has 62 heavy (non-hydrogen) atoms. The van der Waals surface area contributed by atoms with E-state index in [1.54, 1.807) is 0 Å². The van der Waals surface area contributed by atoms with E-state index in [0.717, 1.165) is 12.1 Å². The van der Waals surface area contributed by atoms with Crippen LogP contribution in [0, 0.1) is 0 Å². The van der Waals surface area contributed by atoms with E-state index in [9.17, 15) is 71.2 Å². The van der Waals surface area contributed by atoms with Gasteiger partial charge in [-0.3, -0.25) is 0 Å². The van der Waals surface area contributed by atoms with E-state index in [2.05, 4.69) is 0 Å². The first-order valence-corrected chi connectivity index (χ1v) is 19.4. The maximum absolute atomic E-state index is 13.4. The molecule has 4 aliphatic rings. The van der Waals surface area contributed by atoms with Gasteiger partial charge in [0.2, 0.25) is 0 Å². The zero-order chi connectivity index (χ0) is 45.1. The van der Waals surface area contributed by atoms with Crippen molar-refractivity contribution >= 4 is 12.0 Å². The summed E-state index contributed by atoms with van der Waals surface area (Å²) >= 11 is 0. The highest BCUT2D eigenvalue weighted by Crippen LogP contribution is 2.36. The van der Waals surface area contributed by atoms with Gasteiger partial charge >= 0.3 is 5.97 Å². The third-order valence-electron chi connectivity index (χ3n) is 10.9. The summed E-state index contributed by atoms with van der Waals surface area (Å²) in [6.07, 6.45) is -21.3. The van der Waals surface area contributed by atoms with Crippen LogP contribution in [0.3, 0.4) is 0 Å². The van der Waals surface area contributed by atoms with Gasteiger partial charge < -0.3 is 109 Å². The number of rotatable bonds is 16. The average Bonchev–Trinajstić information content (AvgIpc) is 3.70. The SMILES string of the molecule is CC1OC(OC2C(O)C(OCCc3ccc(O)c(O)c3)OC(COC3OCC(O)(CO)C3O)C2OC(=O)C=Cc2ccc(O)c(O)c2)C(O)C(O)C1OC1OCC(O)(CO)C1O. The van der Waals surface area contributed by atoms with Gasteiger partial charge in [0.25, 0.3) is 0 Å². The molecule has 0 amide bonds. The molecule has 13 N–H and O–H groups in total. The van der Waals surface area contributed by atoms with Crippen LogP contribution in [0.5, 0.6) is 23.0 Å². The smallest absolute Gasteiger partial charge is 0.331 e. The number of aliphatic hydroxyl groups excluding tert-OH is 7. The Balaban J connectivity index is 1.26. The van der Waals surface area contributed by atoms with Crippen molar-refractivity contribution < 1.29 is 114 Å². The van der Waals surface area contributed by atoms with Crippen LogP contribution in [0.25, 0.3) is 6.08 Å². The molecule has 2 aromatic carbocycles. The number of ether oxygens (including phenoxy) is 9. The van der Waals surface area contributed by atoms with E-state index in [4.69, 9.17) is 42.6 Å². The average molecular weight is 889 g/mol. The Morgan fingerprint density at radius 3 is 1.95 bits per heavy atom. The Kier molecular flexibility index (Phi) is 15.3. The van der Waals surface area contributed by atoms with Gasteiger partial charge in [0.05, 0.1) is 45.7 Å². The molecule has 16 unspecified atom stereocenters. The van der Waals surface area contributed by atoms with Gasteiger partial charge in [-0.2, -0.15) is 0 Å². The van der Waals surface area contributed by atoms with Gasteiger partial charge in [0, 0.05) is 6.08 Å². The van der Waals surface area contributed by atoms with Crippen molar-refractivity contribution in [3.05, 3.63) is 53.6 Å². The maximum Gasteiger partial charge on any atom is 0.331 e. The molecule has 4 saturated heterocycles. The van der Waals surface area contributed by atoms with Crippen LogP contribution in [0.15, 0.2) is 42.5 Å². The molecule has 0 aromatic heterocycles. The van der Waals surface area contributed by atoms with E-state index >= 15 is 0 Å². The summed E-state index contributed by atoms with van der Waals surface area (Å²) in [5.74, 6) is -2.77. The summed E-state index contributed by atoms with van der Waals surface area (Å²) in [6, 6.07) is 7.72. The molecule has 23 heteroatoms. The molecule has 4 heterocycles. The minimum atomic E-state index is -2.09. The summed E-state index contributed by atoms with van der Waals surface area (Å²) in [5, 5.41) is 135. The minimum Gasteiger partial charge on any atom is -0.504 e. The lowest BCUT2D eigenvalue weighted by molar-refractivity contribution is -0.367. The van der Waals surface area contributed by atoms with E-state index in [-0.39, 0.29) is 24.3 Å². The second-order valence-electron chi connectivity index (χ2n) is 15.5. The Labute approximate surface area is 352 Å². The molecule has 0 bridgehead atoms. The predicted molar refractivity (Wildman–Crippen MR) is 200 cm³/mol. The van der Waals surface area contributed by atoms with Crippen molar-refractivity contribution in [1.29, 1.82) is 0 Å². The van der Waals surface area contributed by atoms with Crippen LogP contribution >= 0.6 is 0 Å². The van der Waals surface area contributed by atoms with Crippen molar-refractivity contribution in [2.75, 3.05) is 39.6 Å². The number of aliphatic hydroxyl groups is 9. The molecule has 0 spiro atoms. The standard InChI is InChI=1S/C39H52O23/c1-17-29(61-37-33(51)39(53,14-41)16-57-37)26(47)27(48)35(58-17)62-31-28(49)34(54-9-8-19-3-6-21(43)23(45)11-19)59-24(12-55-36-32(50)38(52,13-40)15-56-36)30(31)60-25(46)7-4-18-2-5-20(42)22(44)10-18/h2-7,10-11,17,24,26-37,40-45,47-53H,8-9,12-16H2,1H3. The summed E-state index contributed by atoms with van der Waals surface area (Å²) in [6.45, 7) is -2.28. The van der Waals surface area contributed by atoms with Crippen molar-refractivity contribution in [2.24, 2.45) is 0 Å². The summed E-state index contributed by atoms with van der Waals surface area (Å²) in [4.78, 5) is 13.4. The number of carbonyl (C=O) groups is 1. The van der Waals surface area contributed by atoms with Crippen molar-refractivity contribution in [2.45, 2.75) is 111 Å². The van der Waals surface area contributed by atoms with Gasteiger partial charge in [-0.05, 0) is 54.8 Å². The number of carbonyl (C=O) groups excluding carboxylic acids is 1. The Hall–Kier alpha value is -3.83. The molecule has 4 aliphatic heterocycles. The van der Waals surface area contributed by atoms with Gasteiger partial charge in [-0.25, -0.2) is 4.79 Å². The molecule has 2 aromatic rings. The van der Waals surface area contributed by atoms with Crippen LogP contribution in [0.4, 0.5) is 0 Å². The number of hydrogen-bond donors (Lipinski definition) is 13. The van der Waals surface area contributed by atoms with Crippen LogP contribution in [0.1, 0.15) is 18.1 Å². The first kappa shape index (κ1) is 47.6. The van der Waals surface area contributed by atoms with Crippen molar-refractivity contribution in [1.82, 2.24) is 0 Å². The molecule has 6 rings (SSSR count). The Morgan fingerprint density at radius 2 is 1.32 bits per heavy atom. The highest BCUT2D eigenvalue weighted by Gasteiger charge is 2.56. The number of aromatic hydroxyl groups is 4. The number of hydrogen-bond acceptors (Lipinski definition) is 23. The van der Waals surface area contributed by atoms with Crippen LogP contribution in [-0.4, -0.2) is 209 Å². The second-order valence-corrected chi connectivity index (χ2v) is 15.5. The van der Waals surface area contributed by atoms with E-state index in [0.29, 0.717) is 5.56 Å². The first-order chi connectivity index (χ1) is 29.4. The summed E-state index contributed by atoms with van der Waals surface area (Å²) < 4.78 is 51.7. The molecular weight excluding hydrogens is 836 g/mol. The predicted octanol–water partition coefficient (Wildman–Crippen LogP) is -4.09. The quantitative estimate of drug-likeness (QED) is 0.0433. The van der Waals surface area contributed by atoms with Gasteiger partial charge in [0.1, 0.15) is 60.0 Å². The fourth-order valence-electron chi connectivity index (χ4n) is 7.11. The summed E-state index contributed by atoms with van der Waals surface area (Å²) in [5.41, 5.74) is -3.42. The lowest BCUT2D eigenvalue weighted by Crippen LogP contribution is -2.65. The topological polar surface area (TPSA) is 363 Å². The van der Waals surface area contributed by atoms with Crippen molar-refractivity contribution in [3.63, 3.8) is 0 Å². The first-order valence-electron chi connectivity index (χ1n) is 19.4. The normalized spacial score (nSPS) is 38.7. The van der Waals surface area contributed by atoms with Gasteiger partial charge in [0.15, 0.2) is 54.3 Å². The third kappa shape index (κ3) is 10.4. The summed E-state index contributed by atoms with van der Waals surface area (Å²) in [7, 11) is 0. The third-order valence-corrected chi connectivity index (χ3v) is 10.9. The number of benzene rings is 2. The largest absolute Gasteiger partial charge is 0.504 e. The number of phenolic OH excluding ortho intramolecular Hbond substituents is 4. The molecular formula is C39H52O23. The zero-order valence-electron chi connectivity index (χ0n) is 33.0. The lowest BCUT2D eigenvalue weighted by Gasteiger charge is -2.47. The maximum atomic E-state index is 13.4. The second kappa shape index (κ2) is 19.9. The zero-order valence-corrected chi connectivity index (χ0v) is 33.0. The van der Waals surface area contributed by atoms with Crippen LogP contribution < -0.4 is 0 Å². The monoisotopic (exact) mass is 888 g/mol. The van der Waals surface area contributed by atoms with Gasteiger partial charge in [-0.15, -0.1) is 0 Å². The highest BCUT2D eigenvalue weighted by atomic mass is 16.8. The molecule has 23 nitrogen and oxygen atoms in total. The Morgan fingerprint density at radius 1 is 0.710 bits per heavy atom. The highest BCUT2D eigenvalue weighted by molar-refractivity contribution is 5.87. The lowest BCUT2D eigenvalue weighted by atomic mass is 9.96. The van der Waals surface area contributed by atoms with Crippen LogP contribution in [0.2, 0.25) is 0 Å². The molecule has 0 radical (unpaired) electrons. The van der Waals surface area contributed by atoms with Crippen LogP contribution in [-0.2, 0) is 53.8 Å². The van der Waals surface area contributed by atoms with E-state index < -0.39 is 154 Å². The molecule has 0 aliphatic carbocycles. The fourth-order valence-corrected chi connectivity index (χ4v) is 7.11. The van der Waals surface area contributed by atoms with E-state index in [1.807, 2.05) is 0 Å². The number of phenols is 4.